The van der Waals surface area contributed by atoms with Crippen LogP contribution in [0.15, 0.2) is 61.1 Å². The van der Waals surface area contributed by atoms with Crippen molar-refractivity contribution in [3.63, 3.8) is 0 Å². The monoisotopic (exact) mass is 389 g/mol. The van der Waals surface area contributed by atoms with Gasteiger partial charge in [0.2, 0.25) is 5.91 Å². The molecule has 3 heterocycles. The lowest BCUT2D eigenvalue weighted by Gasteiger charge is -2.07. The Balaban J connectivity index is 1.48. The minimum absolute atomic E-state index is 0.0920. The number of aromatic nitrogens is 4. The molecule has 0 saturated carbocycles. The highest BCUT2D eigenvalue weighted by Gasteiger charge is 2.15. The largest absolute Gasteiger partial charge is 0.324 e. The second-order valence-corrected chi connectivity index (χ2v) is 7.74. The van der Waals surface area contributed by atoms with Gasteiger partial charge in [-0.2, -0.15) is 5.10 Å². The summed E-state index contributed by atoms with van der Waals surface area (Å²) < 4.78 is 1.67. The van der Waals surface area contributed by atoms with Crippen LogP contribution >= 0.6 is 11.3 Å². The van der Waals surface area contributed by atoms with Gasteiger partial charge >= 0.3 is 0 Å². The van der Waals surface area contributed by atoms with Crippen molar-refractivity contribution in [1.82, 2.24) is 19.7 Å². The number of anilines is 1. The Morgan fingerprint density at radius 2 is 1.96 bits per heavy atom. The molecule has 28 heavy (non-hydrogen) atoms. The van der Waals surface area contributed by atoms with E-state index in [0.717, 1.165) is 21.1 Å². The Morgan fingerprint density at radius 3 is 2.64 bits per heavy atom. The number of carbonyl (C=O) groups excluding carboxylic acids is 1. The van der Waals surface area contributed by atoms with Gasteiger partial charge in [-0.1, -0.05) is 29.8 Å². The molecule has 1 amide bonds. The third-order valence-electron chi connectivity index (χ3n) is 4.22. The summed E-state index contributed by atoms with van der Waals surface area (Å²) in [7, 11) is 0. The van der Waals surface area contributed by atoms with Gasteiger partial charge in [-0.05, 0) is 32.0 Å². The van der Waals surface area contributed by atoms with Crippen LogP contribution in [0.5, 0.6) is 0 Å². The molecule has 3 aromatic heterocycles. The summed E-state index contributed by atoms with van der Waals surface area (Å²) in [6.07, 6.45) is 5.42. The third-order valence-corrected chi connectivity index (χ3v) is 5.19. The summed E-state index contributed by atoms with van der Waals surface area (Å²) in [5, 5.41) is 8.00. The first kappa shape index (κ1) is 18.1. The fourth-order valence-corrected chi connectivity index (χ4v) is 3.83. The van der Waals surface area contributed by atoms with Gasteiger partial charge in [0.25, 0.3) is 0 Å². The number of nitrogens with one attached hydrogen (secondary N) is 1. The van der Waals surface area contributed by atoms with Gasteiger partial charge in [-0.25, -0.2) is 14.6 Å². The molecule has 4 rings (SSSR count). The number of hydrogen-bond acceptors (Lipinski definition) is 5. The molecular formula is C21H19N5OS. The quantitative estimate of drug-likeness (QED) is 0.555. The molecule has 0 atom stereocenters. The Bertz CT molecular complexity index is 1080. The van der Waals surface area contributed by atoms with E-state index in [-0.39, 0.29) is 12.3 Å². The molecule has 6 nitrogen and oxygen atoms in total. The highest BCUT2D eigenvalue weighted by Crippen LogP contribution is 2.29. The van der Waals surface area contributed by atoms with Crippen LogP contribution in [0, 0.1) is 13.8 Å². The van der Waals surface area contributed by atoms with Crippen LogP contribution in [-0.4, -0.2) is 25.7 Å². The highest BCUT2D eigenvalue weighted by molar-refractivity contribution is 7.12. The molecule has 7 heteroatoms. The molecule has 0 spiro atoms. The number of thiazole rings is 1. The van der Waals surface area contributed by atoms with Gasteiger partial charge in [-0.15, -0.1) is 11.3 Å². The van der Waals surface area contributed by atoms with Crippen LogP contribution in [0.3, 0.4) is 0 Å². The lowest BCUT2D eigenvalue weighted by atomic mass is 10.1. The van der Waals surface area contributed by atoms with E-state index in [1.165, 1.54) is 5.56 Å². The van der Waals surface area contributed by atoms with E-state index in [2.05, 4.69) is 39.4 Å². The van der Waals surface area contributed by atoms with E-state index >= 15 is 0 Å². The number of rotatable bonds is 5. The smallest absolute Gasteiger partial charge is 0.229 e. The first-order valence-electron chi connectivity index (χ1n) is 8.88. The minimum atomic E-state index is -0.0920. The van der Waals surface area contributed by atoms with E-state index < -0.39 is 0 Å². The fraction of sp³-hybridized carbons (Fsp3) is 0.143. The first-order valence-corrected chi connectivity index (χ1v) is 9.69. The van der Waals surface area contributed by atoms with Crippen molar-refractivity contribution < 1.29 is 4.79 Å². The predicted octanol–water partition coefficient (Wildman–Crippen LogP) is 4.19. The Labute approximate surface area is 166 Å². The minimum Gasteiger partial charge on any atom is -0.324 e. The second kappa shape index (κ2) is 7.74. The number of benzene rings is 1. The Kier molecular flexibility index (Phi) is 4.99. The maximum atomic E-state index is 12.6. The standard InChI is InChI=1S/C21H19N5OS/c1-14-4-6-16(7-5-14)21-18(28-15(2)24-21)12-20(27)25-17-8-9-19(22-13-17)26-11-3-10-23-26/h3-11,13H,12H2,1-2H3,(H,25,27). The van der Waals surface area contributed by atoms with E-state index in [9.17, 15) is 4.79 Å². The molecule has 1 aromatic carbocycles. The number of carbonyl (C=O) groups is 1. The zero-order valence-corrected chi connectivity index (χ0v) is 16.4. The van der Waals surface area contributed by atoms with Crippen molar-refractivity contribution in [1.29, 1.82) is 0 Å². The van der Waals surface area contributed by atoms with Crippen LogP contribution in [0.1, 0.15) is 15.4 Å². The van der Waals surface area contributed by atoms with Crippen molar-refractivity contribution in [3.8, 4) is 17.1 Å². The Hall–Kier alpha value is -3.32. The molecule has 0 saturated heterocycles. The SMILES string of the molecule is Cc1ccc(-c2nc(C)sc2CC(=O)Nc2ccc(-n3cccn3)nc2)cc1. The molecule has 0 aliphatic heterocycles. The topological polar surface area (TPSA) is 72.7 Å². The molecule has 0 unspecified atom stereocenters. The molecule has 0 aliphatic carbocycles. The Morgan fingerprint density at radius 1 is 1.14 bits per heavy atom. The van der Waals surface area contributed by atoms with E-state index in [1.807, 2.05) is 43.5 Å². The molecule has 0 aliphatic rings. The number of aryl methyl sites for hydroxylation is 2. The average molecular weight is 389 g/mol. The summed E-state index contributed by atoms with van der Waals surface area (Å²) in [6, 6.07) is 13.7. The normalized spacial score (nSPS) is 10.8. The highest BCUT2D eigenvalue weighted by atomic mass is 32.1. The number of pyridine rings is 1. The molecule has 4 aromatic rings. The number of amides is 1. The molecule has 0 bridgehead atoms. The van der Waals surface area contributed by atoms with Crippen LogP contribution in [0.25, 0.3) is 17.1 Å². The van der Waals surface area contributed by atoms with Crippen LogP contribution in [-0.2, 0) is 11.2 Å². The van der Waals surface area contributed by atoms with Crippen LogP contribution < -0.4 is 5.32 Å². The van der Waals surface area contributed by atoms with Crippen LogP contribution in [0.4, 0.5) is 5.69 Å². The van der Waals surface area contributed by atoms with Crippen LogP contribution in [0.2, 0.25) is 0 Å². The summed E-state index contributed by atoms with van der Waals surface area (Å²) >= 11 is 1.55. The molecular weight excluding hydrogens is 370 g/mol. The van der Waals surface area contributed by atoms with Crippen molar-refractivity contribution in [2.75, 3.05) is 5.32 Å². The first-order chi connectivity index (χ1) is 13.6. The lowest BCUT2D eigenvalue weighted by Crippen LogP contribution is -2.14. The van der Waals surface area contributed by atoms with Gasteiger partial charge in [0.1, 0.15) is 0 Å². The molecule has 0 radical (unpaired) electrons. The van der Waals surface area contributed by atoms with Gasteiger partial charge in [0.15, 0.2) is 5.82 Å². The zero-order valence-electron chi connectivity index (χ0n) is 15.6. The van der Waals surface area contributed by atoms with Crippen molar-refractivity contribution in [3.05, 3.63) is 76.5 Å². The maximum absolute atomic E-state index is 12.6. The van der Waals surface area contributed by atoms with E-state index in [0.29, 0.717) is 11.5 Å². The van der Waals surface area contributed by atoms with Crippen molar-refractivity contribution in [2.45, 2.75) is 20.3 Å². The maximum Gasteiger partial charge on any atom is 0.229 e. The second-order valence-electron chi connectivity index (χ2n) is 6.45. The van der Waals surface area contributed by atoms with Crippen molar-refractivity contribution in [2.24, 2.45) is 0 Å². The number of hydrogen-bond donors (Lipinski definition) is 1. The molecule has 140 valence electrons. The summed E-state index contributed by atoms with van der Waals surface area (Å²) in [6.45, 7) is 4.01. The molecule has 0 fully saturated rings. The van der Waals surface area contributed by atoms with E-state index in [4.69, 9.17) is 0 Å². The zero-order chi connectivity index (χ0) is 19.5. The third kappa shape index (κ3) is 3.99. The fourth-order valence-electron chi connectivity index (χ4n) is 2.88. The van der Waals surface area contributed by atoms with Gasteiger partial charge in [-0.3, -0.25) is 4.79 Å². The summed E-state index contributed by atoms with van der Waals surface area (Å²) in [4.78, 5) is 22.5. The predicted molar refractivity (Wildman–Crippen MR) is 111 cm³/mol. The van der Waals surface area contributed by atoms with E-state index in [1.54, 1.807) is 28.4 Å². The van der Waals surface area contributed by atoms with Gasteiger partial charge < -0.3 is 5.32 Å². The summed E-state index contributed by atoms with van der Waals surface area (Å²) in [5.74, 6) is 0.605. The average Bonchev–Trinajstić information content (AvgIpc) is 3.33. The molecule has 1 N–H and O–H groups in total. The number of nitrogens with zero attached hydrogens (tertiary/aromatic N) is 4. The van der Waals surface area contributed by atoms with Gasteiger partial charge in [0, 0.05) is 22.8 Å². The van der Waals surface area contributed by atoms with Crippen molar-refractivity contribution >= 4 is 22.9 Å². The van der Waals surface area contributed by atoms with Gasteiger partial charge in [0.05, 0.1) is 29.0 Å². The summed E-state index contributed by atoms with van der Waals surface area (Å²) in [5.41, 5.74) is 3.76. The lowest BCUT2D eigenvalue weighted by molar-refractivity contribution is -0.115.